The summed E-state index contributed by atoms with van der Waals surface area (Å²) in [7, 11) is 0. The van der Waals surface area contributed by atoms with Crippen molar-refractivity contribution >= 4 is 5.96 Å². The second-order valence-electron chi connectivity index (χ2n) is 7.90. The second kappa shape index (κ2) is 9.01. The van der Waals surface area contributed by atoms with E-state index in [4.69, 9.17) is 14.5 Å². The number of aliphatic hydroxyl groups is 1. The highest BCUT2D eigenvalue weighted by molar-refractivity contribution is 5.80. The number of ether oxygens (including phenoxy) is 2. The number of rotatable bonds is 5. The molecule has 0 spiro atoms. The van der Waals surface area contributed by atoms with Gasteiger partial charge in [0.25, 0.3) is 0 Å². The van der Waals surface area contributed by atoms with Gasteiger partial charge in [-0.25, -0.2) is 0 Å². The van der Waals surface area contributed by atoms with Crippen LogP contribution in [0.5, 0.6) is 11.5 Å². The molecule has 1 aromatic rings. The maximum atomic E-state index is 10.0. The molecule has 2 aliphatic heterocycles. The predicted octanol–water partition coefficient (Wildman–Crippen LogP) is 1.66. The average molecular weight is 389 g/mol. The van der Waals surface area contributed by atoms with Crippen LogP contribution in [0, 0.1) is 5.92 Å². The summed E-state index contributed by atoms with van der Waals surface area (Å²) in [5.41, 5.74) is 1.26. The van der Waals surface area contributed by atoms with Crippen molar-refractivity contribution in [2.45, 2.75) is 38.8 Å². The Bertz CT molecular complexity index is 688. The number of nitrogens with zero attached hydrogens (tertiary/aromatic N) is 3. The Balaban J connectivity index is 1.30. The lowest BCUT2D eigenvalue weighted by Crippen LogP contribution is -2.52. The predicted molar refractivity (Wildman–Crippen MR) is 109 cm³/mol. The van der Waals surface area contributed by atoms with Gasteiger partial charge in [0.1, 0.15) is 0 Å². The highest BCUT2D eigenvalue weighted by Crippen LogP contribution is 2.32. The lowest BCUT2D eigenvalue weighted by Gasteiger charge is -2.36. The molecule has 7 heteroatoms. The van der Waals surface area contributed by atoms with Crippen molar-refractivity contribution in [2.24, 2.45) is 10.9 Å². The fourth-order valence-corrected chi connectivity index (χ4v) is 4.28. The van der Waals surface area contributed by atoms with Crippen LogP contribution in [0.3, 0.4) is 0 Å². The fraction of sp³-hybridized carbons (Fsp3) is 0.667. The zero-order chi connectivity index (χ0) is 19.3. The van der Waals surface area contributed by atoms with E-state index in [2.05, 4.69) is 34.2 Å². The van der Waals surface area contributed by atoms with E-state index in [9.17, 15) is 5.11 Å². The monoisotopic (exact) mass is 388 g/mol. The van der Waals surface area contributed by atoms with Gasteiger partial charge in [0.05, 0.1) is 6.10 Å². The van der Waals surface area contributed by atoms with Crippen LogP contribution < -0.4 is 14.8 Å². The molecule has 0 amide bonds. The van der Waals surface area contributed by atoms with Crippen molar-refractivity contribution in [1.29, 1.82) is 0 Å². The van der Waals surface area contributed by atoms with Gasteiger partial charge < -0.3 is 24.8 Å². The van der Waals surface area contributed by atoms with Gasteiger partial charge in [0, 0.05) is 51.7 Å². The Kier molecular flexibility index (Phi) is 6.22. The number of fused-ring (bicyclic) bond motifs is 1. The van der Waals surface area contributed by atoms with Gasteiger partial charge in [-0.2, -0.15) is 0 Å². The van der Waals surface area contributed by atoms with E-state index in [0.717, 1.165) is 82.5 Å². The van der Waals surface area contributed by atoms with Crippen molar-refractivity contribution in [1.82, 2.24) is 15.1 Å². The minimum absolute atomic E-state index is 0.176. The SMILES string of the molecule is CCNC(=NCC1CCCC1O)N1CCN(Cc2ccc3c(c2)OCO3)CC1. The topological polar surface area (TPSA) is 69.6 Å². The maximum Gasteiger partial charge on any atom is 0.231 e. The zero-order valence-corrected chi connectivity index (χ0v) is 16.8. The molecule has 28 heavy (non-hydrogen) atoms. The number of benzene rings is 1. The van der Waals surface area contributed by atoms with Gasteiger partial charge in [0.15, 0.2) is 17.5 Å². The third-order valence-corrected chi connectivity index (χ3v) is 5.94. The van der Waals surface area contributed by atoms with Crippen LogP contribution in [-0.4, -0.2) is 73.0 Å². The molecule has 1 aliphatic carbocycles. The zero-order valence-electron chi connectivity index (χ0n) is 16.8. The van der Waals surface area contributed by atoms with Crippen LogP contribution in [0.1, 0.15) is 31.7 Å². The quantitative estimate of drug-likeness (QED) is 0.591. The first kappa shape index (κ1) is 19.3. The molecule has 0 bridgehead atoms. The molecule has 0 radical (unpaired) electrons. The first-order chi connectivity index (χ1) is 13.7. The summed E-state index contributed by atoms with van der Waals surface area (Å²) in [5, 5.41) is 13.5. The van der Waals surface area contributed by atoms with Crippen molar-refractivity contribution in [3.63, 3.8) is 0 Å². The summed E-state index contributed by atoms with van der Waals surface area (Å²) in [6.45, 7) is 8.87. The van der Waals surface area contributed by atoms with E-state index in [1.165, 1.54) is 5.56 Å². The summed E-state index contributed by atoms with van der Waals surface area (Å²) >= 11 is 0. The molecule has 4 rings (SSSR count). The molecule has 154 valence electrons. The molecule has 3 aliphatic rings. The highest BCUT2D eigenvalue weighted by atomic mass is 16.7. The van der Waals surface area contributed by atoms with E-state index in [0.29, 0.717) is 12.7 Å². The average Bonchev–Trinajstić information content (AvgIpc) is 3.34. The first-order valence-electron chi connectivity index (χ1n) is 10.5. The van der Waals surface area contributed by atoms with E-state index in [-0.39, 0.29) is 6.10 Å². The van der Waals surface area contributed by atoms with Crippen LogP contribution in [0.25, 0.3) is 0 Å². The summed E-state index contributed by atoms with van der Waals surface area (Å²) < 4.78 is 10.9. The normalized spacial score (nSPS) is 25.4. The largest absolute Gasteiger partial charge is 0.454 e. The molecule has 0 aromatic heterocycles. The molecule has 2 fully saturated rings. The molecule has 1 saturated heterocycles. The minimum Gasteiger partial charge on any atom is -0.454 e. The molecule has 7 nitrogen and oxygen atoms in total. The van der Waals surface area contributed by atoms with Crippen molar-refractivity contribution in [3.8, 4) is 11.5 Å². The third-order valence-electron chi connectivity index (χ3n) is 5.94. The van der Waals surface area contributed by atoms with Crippen molar-refractivity contribution in [3.05, 3.63) is 23.8 Å². The molecule has 2 N–H and O–H groups in total. The molecule has 2 atom stereocenters. The standard InChI is InChI=1S/C21H32N4O3/c1-2-22-21(23-13-17-4-3-5-18(17)26)25-10-8-24(9-11-25)14-16-6-7-19-20(12-16)28-15-27-19/h6-7,12,17-18,26H,2-5,8-11,13-15H2,1H3,(H,22,23). The van der Waals surface area contributed by atoms with Gasteiger partial charge in [-0.05, 0) is 37.5 Å². The van der Waals surface area contributed by atoms with Crippen molar-refractivity contribution in [2.75, 3.05) is 46.1 Å². The molecular formula is C21H32N4O3. The minimum atomic E-state index is -0.176. The number of aliphatic hydroxyl groups excluding tert-OH is 1. The third kappa shape index (κ3) is 4.52. The summed E-state index contributed by atoms with van der Waals surface area (Å²) in [6, 6.07) is 6.22. The van der Waals surface area contributed by atoms with Gasteiger partial charge in [0.2, 0.25) is 6.79 Å². The summed E-state index contributed by atoms with van der Waals surface area (Å²) in [4.78, 5) is 9.66. The van der Waals surface area contributed by atoms with E-state index >= 15 is 0 Å². The number of aliphatic imine (C=N–C) groups is 1. The molecular weight excluding hydrogens is 356 g/mol. The molecule has 1 saturated carbocycles. The number of hydrogen-bond acceptors (Lipinski definition) is 5. The lowest BCUT2D eigenvalue weighted by molar-refractivity contribution is 0.136. The number of nitrogens with one attached hydrogen (secondary N) is 1. The molecule has 1 aromatic carbocycles. The van der Waals surface area contributed by atoms with Gasteiger partial charge in [-0.15, -0.1) is 0 Å². The van der Waals surface area contributed by atoms with E-state index in [1.807, 2.05) is 6.07 Å². The Labute approximate surface area is 167 Å². The number of guanidine groups is 1. The number of piperazine rings is 1. The van der Waals surface area contributed by atoms with Gasteiger partial charge >= 0.3 is 0 Å². The van der Waals surface area contributed by atoms with Crippen molar-refractivity contribution < 1.29 is 14.6 Å². The Morgan fingerprint density at radius 3 is 2.75 bits per heavy atom. The van der Waals surface area contributed by atoms with Gasteiger partial charge in [-0.3, -0.25) is 9.89 Å². The van der Waals surface area contributed by atoms with Crippen LogP contribution >= 0.6 is 0 Å². The Hall–Kier alpha value is -1.99. The second-order valence-corrected chi connectivity index (χ2v) is 7.90. The van der Waals surface area contributed by atoms with E-state index in [1.54, 1.807) is 0 Å². The van der Waals surface area contributed by atoms with Crippen LogP contribution in [0.4, 0.5) is 0 Å². The summed E-state index contributed by atoms with van der Waals surface area (Å²) in [5.74, 6) is 3.00. The Morgan fingerprint density at radius 1 is 1.18 bits per heavy atom. The first-order valence-corrected chi connectivity index (χ1v) is 10.5. The molecule has 2 heterocycles. The molecule has 2 unspecified atom stereocenters. The smallest absolute Gasteiger partial charge is 0.231 e. The van der Waals surface area contributed by atoms with E-state index < -0.39 is 0 Å². The van der Waals surface area contributed by atoms with Crippen LogP contribution in [0.2, 0.25) is 0 Å². The Morgan fingerprint density at radius 2 is 2.00 bits per heavy atom. The van der Waals surface area contributed by atoms with Crippen LogP contribution in [0.15, 0.2) is 23.2 Å². The van der Waals surface area contributed by atoms with Gasteiger partial charge in [-0.1, -0.05) is 12.5 Å². The highest BCUT2D eigenvalue weighted by Gasteiger charge is 2.26. The fourth-order valence-electron chi connectivity index (χ4n) is 4.28. The maximum absolute atomic E-state index is 10.0. The van der Waals surface area contributed by atoms with Crippen LogP contribution in [-0.2, 0) is 6.54 Å². The lowest BCUT2D eigenvalue weighted by atomic mass is 10.1. The number of hydrogen-bond donors (Lipinski definition) is 2. The summed E-state index contributed by atoms with van der Waals surface area (Å²) in [6.07, 6.45) is 2.96.